The second-order valence-electron chi connectivity index (χ2n) is 14.6. The van der Waals surface area contributed by atoms with Gasteiger partial charge < -0.3 is 14.4 Å². The molecule has 288 valence electrons. The van der Waals surface area contributed by atoms with E-state index >= 15 is 0 Å². The Morgan fingerprint density at radius 2 is 1.62 bits per heavy atom. The number of aryl methyl sites for hydroxylation is 2. The summed E-state index contributed by atoms with van der Waals surface area (Å²) in [5, 5.41) is 0. The quantitative estimate of drug-likeness (QED) is 0.165. The van der Waals surface area contributed by atoms with Crippen molar-refractivity contribution in [2.45, 2.75) is 108 Å². The van der Waals surface area contributed by atoms with Crippen molar-refractivity contribution >= 4 is 28.4 Å². The summed E-state index contributed by atoms with van der Waals surface area (Å²) >= 11 is 0. The minimum Gasteiger partial charge on any atom is -0.476 e. The molecule has 2 fully saturated rings. The molecule has 15 heteroatoms. The number of sulfonamides is 1. The molecule has 1 atom stereocenters. The second-order valence-corrected chi connectivity index (χ2v) is 16.3. The number of likely N-dealkylation sites (N-methyl/N-ethyl adjacent to an activating group) is 1. The minimum atomic E-state index is -4.37. The van der Waals surface area contributed by atoms with Crippen molar-refractivity contribution in [2.24, 2.45) is 5.41 Å². The average molecular weight is 760 g/mol. The number of hydrogen-bond donors (Lipinski definition) is 1. The molecule has 11 nitrogen and oxygen atoms in total. The lowest BCUT2D eigenvalue weighted by Gasteiger charge is -2.42. The molecular weight excluding hydrogens is 712 g/mol. The number of benzene rings is 2. The molecule has 1 heterocycles. The fourth-order valence-corrected chi connectivity index (χ4v) is 8.12. The molecule has 0 saturated heterocycles. The third kappa shape index (κ3) is 9.47. The molecule has 3 aromatic rings. The molecule has 1 amide bonds. The van der Waals surface area contributed by atoms with E-state index < -0.39 is 33.7 Å². The SMILES string of the molecule is Cc1cccc(C)c1-c1cc(OC[C@@H](CC2(C(F)(F)F)CC2)N(C)[C@H]2CC[C@H](N(C)C(=O)OC(C)C)CC2)nc(NS(=O)(=O)c2cccc(C=O)c2)n1. The molecule has 0 aliphatic heterocycles. The van der Waals surface area contributed by atoms with Gasteiger partial charge in [-0.15, -0.1) is 0 Å². The number of anilines is 1. The van der Waals surface area contributed by atoms with Crippen LogP contribution in [0.3, 0.4) is 0 Å². The zero-order valence-corrected chi connectivity index (χ0v) is 31.8. The van der Waals surface area contributed by atoms with Gasteiger partial charge in [0.25, 0.3) is 10.0 Å². The van der Waals surface area contributed by atoms with Gasteiger partial charge in [-0.3, -0.25) is 9.69 Å². The molecule has 1 N–H and O–H groups in total. The zero-order valence-electron chi connectivity index (χ0n) is 30.9. The Morgan fingerprint density at radius 1 is 1.00 bits per heavy atom. The van der Waals surface area contributed by atoms with Crippen LogP contribution in [0.5, 0.6) is 5.88 Å². The van der Waals surface area contributed by atoms with E-state index in [2.05, 4.69) is 14.7 Å². The van der Waals surface area contributed by atoms with Gasteiger partial charge >= 0.3 is 12.3 Å². The highest BCUT2D eigenvalue weighted by Crippen LogP contribution is 2.61. The fraction of sp³-hybridized carbons (Fsp3) is 0.526. The van der Waals surface area contributed by atoms with Crippen molar-refractivity contribution in [3.05, 3.63) is 65.2 Å². The summed E-state index contributed by atoms with van der Waals surface area (Å²) in [6.45, 7) is 7.20. The maximum absolute atomic E-state index is 14.3. The Morgan fingerprint density at radius 3 is 2.21 bits per heavy atom. The van der Waals surface area contributed by atoms with Crippen LogP contribution in [-0.4, -0.2) is 91.7 Å². The second kappa shape index (κ2) is 16.0. The van der Waals surface area contributed by atoms with Crippen LogP contribution in [0, 0.1) is 19.3 Å². The Labute approximate surface area is 309 Å². The summed E-state index contributed by atoms with van der Waals surface area (Å²) in [5.41, 5.74) is 1.17. The van der Waals surface area contributed by atoms with Gasteiger partial charge in [0.2, 0.25) is 11.8 Å². The van der Waals surface area contributed by atoms with Crippen LogP contribution in [0.25, 0.3) is 11.3 Å². The van der Waals surface area contributed by atoms with Gasteiger partial charge in [0.15, 0.2) is 0 Å². The topological polar surface area (TPSA) is 131 Å². The zero-order chi connectivity index (χ0) is 38.7. The predicted molar refractivity (Wildman–Crippen MR) is 194 cm³/mol. The summed E-state index contributed by atoms with van der Waals surface area (Å²) in [7, 11) is -0.724. The fourth-order valence-electron chi connectivity index (χ4n) is 7.12. The highest BCUT2D eigenvalue weighted by Gasteiger charge is 2.63. The maximum Gasteiger partial charge on any atom is 0.410 e. The number of carbonyl (C=O) groups is 2. The van der Waals surface area contributed by atoms with Crippen molar-refractivity contribution < 1.29 is 40.7 Å². The first kappa shape index (κ1) is 40.0. The standard InChI is InChI=1S/C38H48F3N5O6S/c1-24(2)52-36(48)46(6)29-15-13-28(14-16-29)45(5)30(21-37(17-18-37)38(39,40)41)23-51-33-20-32(34-25(3)9-7-10-26(34)4)42-35(43-33)44-53(49,50)31-12-8-11-27(19-31)22-47/h7-12,19-20,22,24,28-30H,13-18,21,23H2,1-6H3,(H,42,43,44)/t28-,29-,30-/m1/s1. The Balaban J connectivity index is 1.42. The number of amides is 1. The van der Waals surface area contributed by atoms with Gasteiger partial charge in [0.05, 0.1) is 22.1 Å². The number of halogens is 3. The number of nitrogens with zero attached hydrogens (tertiary/aromatic N) is 4. The van der Waals surface area contributed by atoms with Crippen LogP contribution >= 0.6 is 0 Å². The molecule has 0 unspecified atom stereocenters. The summed E-state index contributed by atoms with van der Waals surface area (Å²) in [4.78, 5) is 36.1. The van der Waals surface area contributed by atoms with Gasteiger partial charge in [-0.2, -0.15) is 18.2 Å². The van der Waals surface area contributed by atoms with Crippen LogP contribution in [-0.2, 0) is 14.8 Å². The van der Waals surface area contributed by atoms with Gasteiger partial charge in [0.1, 0.15) is 12.9 Å². The van der Waals surface area contributed by atoms with E-state index in [4.69, 9.17) is 9.47 Å². The summed E-state index contributed by atoms with van der Waals surface area (Å²) in [5.74, 6) is -0.310. The third-order valence-electron chi connectivity index (χ3n) is 10.5. The first-order chi connectivity index (χ1) is 24.9. The Kier molecular flexibility index (Phi) is 12.1. The van der Waals surface area contributed by atoms with E-state index in [1.165, 1.54) is 24.3 Å². The first-order valence-electron chi connectivity index (χ1n) is 17.8. The number of aldehydes is 1. The molecule has 2 saturated carbocycles. The molecule has 2 aromatic carbocycles. The first-order valence-corrected chi connectivity index (χ1v) is 19.3. The summed E-state index contributed by atoms with van der Waals surface area (Å²) in [6.07, 6.45) is -1.92. The van der Waals surface area contributed by atoms with Crippen molar-refractivity contribution in [2.75, 3.05) is 25.4 Å². The minimum absolute atomic E-state index is 0.0127. The van der Waals surface area contributed by atoms with Crippen LogP contribution in [0.2, 0.25) is 0 Å². The highest BCUT2D eigenvalue weighted by atomic mass is 32.2. The lowest BCUT2D eigenvalue weighted by molar-refractivity contribution is -0.193. The van der Waals surface area contributed by atoms with Crippen LogP contribution in [0.15, 0.2) is 53.4 Å². The summed E-state index contributed by atoms with van der Waals surface area (Å²) < 4.78 is 83.8. The molecule has 53 heavy (non-hydrogen) atoms. The Hall–Kier alpha value is -4.24. The normalized spacial score (nSPS) is 19.1. The molecule has 5 rings (SSSR count). The highest BCUT2D eigenvalue weighted by molar-refractivity contribution is 7.92. The predicted octanol–water partition coefficient (Wildman–Crippen LogP) is 7.57. The van der Waals surface area contributed by atoms with Crippen LogP contribution in [0.4, 0.5) is 23.9 Å². The number of carbonyl (C=O) groups excluding carboxylic acids is 2. The van der Waals surface area contributed by atoms with Gasteiger partial charge in [0, 0.05) is 42.4 Å². The lowest BCUT2D eigenvalue weighted by Crippen LogP contribution is -2.49. The van der Waals surface area contributed by atoms with Crippen molar-refractivity contribution in [3.63, 3.8) is 0 Å². The van der Waals surface area contributed by atoms with E-state index in [0.29, 0.717) is 37.7 Å². The van der Waals surface area contributed by atoms with Gasteiger partial charge in [-0.25, -0.2) is 22.9 Å². The monoisotopic (exact) mass is 759 g/mol. The largest absolute Gasteiger partial charge is 0.476 e. The number of ether oxygens (including phenoxy) is 2. The molecule has 0 spiro atoms. The number of alkyl halides is 3. The van der Waals surface area contributed by atoms with Crippen LogP contribution in [0.1, 0.15) is 80.3 Å². The van der Waals surface area contributed by atoms with Crippen molar-refractivity contribution in [1.82, 2.24) is 19.8 Å². The maximum atomic E-state index is 14.3. The van der Waals surface area contributed by atoms with E-state index in [1.807, 2.05) is 44.0 Å². The molecular formula is C38H48F3N5O6S. The average Bonchev–Trinajstić information content (AvgIpc) is 3.90. The molecule has 2 aliphatic rings. The number of hydrogen-bond acceptors (Lipinski definition) is 9. The Bertz CT molecular complexity index is 1870. The molecule has 0 radical (unpaired) electrons. The molecule has 1 aromatic heterocycles. The van der Waals surface area contributed by atoms with Crippen LogP contribution < -0.4 is 9.46 Å². The van der Waals surface area contributed by atoms with Gasteiger partial charge in [-0.05, 0) is 103 Å². The third-order valence-corrected chi connectivity index (χ3v) is 11.8. The van der Waals surface area contributed by atoms with Crippen molar-refractivity contribution in [1.29, 1.82) is 0 Å². The van der Waals surface area contributed by atoms with E-state index in [-0.39, 0.29) is 66.3 Å². The number of nitrogens with one attached hydrogen (secondary N) is 1. The van der Waals surface area contributed by atoms with Crippen molar-refractivity contribution in [3.8, 4) is 17.1 Å². The molecule has 0 bridgehead atoms. The molecule has 2 aliphatic carbocycles. The smallest absolute Gasteiger partial charge is 0.410 e. The lowest BCUT2D eigenvalue weighted by atomic mass is 9.87. The van der Waals surface area contributed by atoms with Gasteiger partial charge in [-0.1, -0.05) is 30.3 Å². The van der Waals surface area contributed by atoms with E-state index in [1.54, 1.807) is 31.9 Å². The summed E-state index contributed by atoms with van der Waals surface area (Å²) in [6, 6.07) is 11.9. The number of rotatable bonds is 14. The van der Waals surface area contributed by atoms with E-state index in [0.717, 1.165) is 16.7 Å². The number of aromatic nitrogens is 2. The van der Waals surface area contributed by atoms with E-state index in [9.17, 15) is 31.2 Å².